The number of hydrogen-bond acceptors (Lipinski definition) is 4. The minimum absolute atomic E-state index is 0.0248. The van der Waals surface area contributed by atoms with E-state index in [1.54, 1.807) is 0 Å². The lowest BCUT2D eigenvalue weighted by atomic mass is 9.93. The Morgan fingerprint density at radius 3 is 2.32 bits per heavy atom. The Labute approximate surface area is 133 Å². The van der Waals surface area contributed by atoms with E-state index in [-0.39, 0.29) is 17.8 Å². The van der Waals surface area contributed by atoms with Gasteiger partial charge in [-0.1, -0.05) is 43.3 Å². The molecule has 0 saturated heterocycles. The first-order valence-corrected chi connectivity index (χ1v) is 7.94. The molecule has 1 aromatic carbocycles. The zero-order chi connectivity index (χ0) is 16.7. The molecule has 0 aromatic heterocycles. The summed E-state index contributed by atoms with van der Waals surface area (Å²) in [6.07, 6.45) is 1.47. The smallest absolute Gasteiger partial charge is 0.152 e. The summed E-state index contributed by atoms with van der Waals surface area (Å²) >= 11 is 0. The molecule has 0 spiro atoms. The van der Waals surface area contributed by atoms with Gasteiger partial charge < -0.3 is 10.6 Å². The first kappa shape index (κ1) is 18.4. The second-order valence-corrected chi connectivity index (χ2v) is 6.05. The van der Waals surface area contributed by atoms with Crippen molar-refractivity contribution < 1.29 is 9.63 Å². The van der Waals surface area contributed by atoms with Gasteiger partial charge >= 0.3 is 0 Å². The Balaban J connectivity index is 2.69. The second kappa shape index (κ2) is 8.69. The lowest BCUT2D eigenvalue weighted by Crippen LogP contribution is -2.36. The Hall–Kier alpha value is -1.68. The first-order chi connectivity index (χ1) is 10.3. The molecular formula is C18H28N2O2. The van der Waals surface area contributed by atoms with Crippen LogP contribution in [0.1, 0.15) is 52.2 Å². The molecule has 2 unspecified atom stereocenters. The van der Waals surface area contributed by atoms with E-state index in [4.69, 9.17) is 10.6 Å². The van der Waals surface area contributed by atoms with Gasteiger partial charge in [0.2, 0.25) is 0 Å². The number of Topliss-reactive ketones (excluding diaryl/α,β-unsaturated/α-hetero) is 1. The Morgan fingerprint density at radius 2 is 1.82 bits per heavy atom. The van der Waals surface area contributed by atoms with Gasteiger partial charge in [-0.15, -0.1) is 0 Å². The molecule has 0 aliphatic rings. The summed E-state index contributed by atoms with van der Waals surface area (Å²) in [6, 6.07) is 7.53. The molecular weight excluding hydrogens is 276 g/mol. The Kier molecular flexibility index (Phi) is 7.25. The van der Waals surface area contributed by atoms with Crippen molar-refractivity contribution in [3.8, 4) is 0 Å². The molecule has 1 rings (SSSR count). The van der Waals surface area contributed by atoms with Crippen molar-refractivity contribution in [2.75, 3.05) is 0 Å². The third-order valence-corrected chi connectivity index (χ3v) is 3.69. The highest BCUT2D eigenvalue weighted by Crippen LogP contribution is 2.11. The van der Waals surface area contributed by atoms with Crippen LogP contribution in [0.3, 0.4) is 0 Å². The van der Waals surface area contributed by atoms with E-state index in [2.05, 4.69) is 5.16 Å². The van der Waals surface area contributed by atoms with Gasteiger partial charge in [0.15, 0.2) is 5.78 Å². The number of nitrogens with zero attached hydrogens (tertiary/aromatic N) is 1. The van der Waals surface area contributed by atoms with E-state index in [0.717, 1.165) is 23.3 Å². The average molecular weight is 304 g/mol. The maximum Gasteiger partial charge on any atom is 0.152 e. The summed E-state index contributed by atoms with van der Waals surface area (Å²) in [5, 5.41) is 4.08. The molecule has 2 N–H and O–H groups in total. The fourth-order valence-electron chi connectivity index (χ4n) is 2.04. The second-order valence-electron chi connectivity index (χ2n) is 6.05. The normalized spacial score (nSPS) is 14.8. The van der Waals surface area contributed by atoms with Crippen molar-refractivity contribution in [3.05, 3.63) is 35.4 Å². The SMILES string of the molecule is CCC(C)C(=O)C(N)Cc1ccc(/C(C)=N\OC(C)C)cc1. The van der Waals surface area contributed by atoms with Crippen molar-refractivity contribution in [2.45, 2.75) is 59.6 Å². The van der Waals surface area contributed by atoms with Crippen molar-refractivity contribution >= 4 is 11.5 Å². The minimum Gasteiger partial charge on any atom is -0.393 e. The third kappa shape index (κ3) is 5.60. The molecule has 0 radical (unpaired) electrons. The lowest BCUT2D eigenvalue weighted by Gasteiger charge is -2.15. The van der Waals surface area contributed by atoms with Crippen LogP contribution < -0.4 is 5.73 Å². The van der Waals surface area contributed by atoms with Crippen molar-refractivity contribution in [2.24, 2.45) is 16.8 Å². The Morgan fingerprint density at radius 1 is 1.23 bits per heavy atom. The van der Waals surface area contributed by atoms with Gasteiger partial charge in [-0.25, -0.2) is 0 Å². The highest BCUT2D eigenvalue weighted by molar-refractivity contribution is 5.98. The zero-order valence-electron chi connectivity index (χ0n) is 14.3. The van der Waals surface area contributed by atoms with Crippen LogP contribution in [0.15, 0.2) is 29.4 Å². The predicted octanol–water partition coefficient (Wildman–Crippen LogP) is 3.32. The summed E-state index contributed by atoms with van der Waals surface area (Å²) in [4.78, 5) is 17.3. The van der Waals surface area contributed by atoms with Gasteiger partial charge in [0.25, 0.3) is 0 Å². The zero-order valence-corrected chi connectivity index (χ0v) is 14.3. The molecule has 0 bridgehead atoms. The van der Waals surface area contributed by atoms with E-state index >= 15 is 0 Å². The number of benzene rings is 1. The average Bonchev–Trinajstić information content (AvgIpc) is 2.51. The quantitative estimate of drug-likeness (QED) is 0.592. The molecule has 0 aliphatic heterocycles. The molecule has 0 heterocycles. The molecule has 2 atom stereocenters. The summed E-state index contributed by atoms with van der Waals surface area (Å²) in [6.45, 7) is 9.73. The molecule has 0 fully saturated rings. The monoisotopic (exact) mass is 304 g/mol. The van der Waals surface area contributed by atoms with Gasteiger partial charge in [0.1, 0.15) is 6.10 Å². The number of oxime groups is 1. The number of rotatable bonds is 8. The number of hydrogen-bond donors (Lipinski definition) is 1. The fraction of sp³-hybridized carbons (Fsp3) is 0.556. The van der Waals surface area contributed by atoms with E-state index in [1.807, 2.05) is 58.9 Å². The summed E-state index contributed by atoms with van der Waals surface area (Å²) < 4.78 is 0. The van der Waals surface area contributed by atoms with Crippen molar-refractivity contribution in [1.82, 2.24) is 0 Å². The molecule has 4 heteroatoms. The van der Waals surface area contributed by atoms with Gasteiger partial charge in [-0.05, 0) is 44.7 Å². The molecule has 0 amide bonds. The maximum atomic E-state index is 12.0. The van der Waals surface area contributed by atoms with Crippen LogP contribution in [0.25, 0.3) is 0 Å². The van der Waals surface area contributed by atoms with Crippen LogP contribution in [0.5, 0.6) is 0 Å². The fourth-order valence-corrected chi connectivity index (χ4v) is 2.04. The standard InChI is InChI=1S/C18H28N2O2/c1-6-13(4)18(21)17(19)11-15-7-9-16(10-8-15)14(5)20-22-12(2)3/h7-10,12-13,17H,6,11,19H2,1-5H3/b20-14-. The molecule has 0 aliphatic carbocycles. The summed E-state index contributed by atoms with van der Waals surface area (Å²) in [5.41, 5.74) is 8.91. The lowest BCUT2D eigenvalue weighted by molar-refractivity contribution is -0.123. The highest BCUT2D eigenvalue weighted by atomic mass is 16.6. The maximum absolute atomic E-state index is 12.0. The topological polar surface area (TPSA) is 64.7 Å². The predicted molar refractivity (Wildman–Crippen MR) is 91.0 cm³/mol. The van der Waals surface area contributed by atoms with Crippen LogP contribution in [-0.4, -0.2) is 23.6 Å². The van der Waals surface area contributed by atoms with Crippen LogP contribution in [-0.2, 0) is 16.1 Å². The van der Waals surface area contributed by atoms with E-state index < -0.39 is 6.04 Å². The van der Waals surface area contributed by atoms with Crippen LogP contribution in [0.2, 0.25) is 0 Å². The number of carbonyl (C=O) groups excluding carboxylic acids is 1. The van der Waals surface area contributed by atoms with E-state index in [0.29, 0.717) is 6.42 Å². The van der Waals surface area contributed by atoms with E-state index in [1.165, 1.54) is 0 Å². The van der Waals surface area contributed by atoms with Crippen LogP contribution in [0.4, 0.5) is 0 Å². The molecule has 0 saturated carbocycles. The van der Waals surface area contributed by atoms with Gasteiger partial charge in [-0.2, -0.15) is 0 Å². The van der Waals surface area contributed by atoms with Crippen molar-refractivity contribution in [3.63, 3.8) is 0 Å². The molecule has 4 nitrogen and oxygen atoms in total. The molecule has 122 valence electrons. The number of ketones is 1. The van der Waals surface area contributed by atoms with E-state index in [9.17, 15) is 4.79 Å². The molecule has 22 heavy (non-hydrogen) atoms. The minimum atomic E-state index is -0.431. The Bertz CT molecular complexity index is 506. The van der Waals surface area contributed by atoms with Gasteiger partial charge in [0.05, 0.1) is 11.8 Å². The third-order valence-electron chi connectivity index (χ3n) is 3.69. The number of nitrogens with two attached hydrogens (primary N) is 1. The van der Waals surface area contributed by atoms with Crippen molar-refractivity contribution in [1.29, 1.82) is 0 Å². The molecule has 1 aromatic rings. The summed E-state index contributed by atoms with van der Waals surface area (Å²) in [7, 11) is 0. The largest absolute Gasteiger partial charge is 0.393 e. The van der Waals surface area contributed by atoms with Gasteiger partial charge in [0, 0.05) is 5.92 Å². The van der Waals surface area contributed by atoms with Gasteiger partial charge in [-0.3, -0.25) is 4.79 Å². The highest BCUT2D eigenvalue weighted by Gasteiger charge is 2.19. The first-order valence-electron chi connectivity index (χ1n) is 7.94. The number of carbonyl (C=O) groups is 1. The van der Waals surface area contributed by atoms with Crippen LogP contribution >= 0.6 is 0 Å². The summed E-state index contributed by atoms with van der Waals surface area (Å²) in [5.74, 6) is 0.159. The van der Waals surface area contributed by atoms with Crippen LogP contribution in [0, 0.1) is 5.92 Å².